The Morgan fingerprint density at radius 2 is 2.06 bits per heavy atom. The molecule has 2 nitrogen and oxygen atoms in total. The molecule has 1 atom stereocenters. The van der Waals surface area contributed by atoms with Gasteiger partial charge in [0.2, 0.25) is 0 Å². The van der Waals surface area contributed by atoms with E-state index in [0.29, 0.717) is 0 Å². The third-order valence-electron chi connectivity index (χ3n) is 3.80. The van der Waals surface area contributed by atoms with E-state index in [2.05, 4.69) is 49.9 Å². The Hall–Kier alpha value is -1.02. The Kier molecular flexibility index (Phi) is 2.94. The molecule has 16 heavy (non-hydrogen) atoms. The first-order valence-corrected chi connectivity index (χ1v) is 6.11. The van der Waals surface area contributed by atoms with Crippen LogP contribution < -0.4 is 4.90 Å². The molecule has 0 amide bonds. The van der Waals surface area contributed by atoms with Gasteiger partial charge in [0.05, 0.1) is 11.6 Å². The molecule has 1 aliphatic rings. The van der Waals surface area contributed by atoms with E-state index in [0.717, 1.165) is 19.4 Å². The SMILES string of the molecule is CCc1ccccc1N1CCC(O)C1(C)C. The zero-order valence-corrected chi connectivity index (χ0v) is 10.4. The first-order valence-electron chi connectivity index (χ1n) is 6.11. The molecule has 1 aromatic carbocycles. The highest BCUT2D eigenvalue weighted by atomic mass is 16.3. The summed E-state index contributed by atoms with van der Waals surface area (Å²) in [5, 5.41) is 10.0. The summed E-state index contributed by atoms with van der Waals surface area (Å²) in [7, 11) is 0. The van der Waals surface area contributed by atoms with Gasteiger partial charge in [-0.1, -0.05) is 25.1 Å². The lowest BCUT2D eigenvalue weighted by molar-refractivity contribution is 0.127. The lowest BCUT2D eigenvalue weighted by Gasteiger charge is -2.36. The molecule has 0 bridgehead atoms. The van der Waals surface area contributed by atoms with E-state index in [4.69, 9.17) is 0 Å². The molecule has 2 rings (SSSR count). The van der Waals surface area contributed by atoms with Crippen molar-refractivity contribution < 1.29 is 5.11 Å². The highest BCUT2D eigenvalue weighted by Gasteiger charge is 2.40. The maximum absolute atomic E-state index is 10.0. The Bertz CT molecular complexity index is 373. The van der Waals surface area contributed by atoms with Crippen LogP contribution in [0.3, 0.4) is 0 Å². The number of para-hydroxylation sites is 1. The third-order valence-corrected chi connectivity index (χ3v) is 3.80. The van der Waals surface area contributed by atoms with Crippen molar-refractivity contribution in [2.75, 3.05) is 11.4 Å². The van der Waals surface area contributed by atoms with Crippen molar-refractivity contribution in [3.8, 4) is 0 Å². The molecule has 1 aliphatic heterocycles. The summed E-state index contributed by atoms with van der Waals surface area (Å²) in [4.78, 5) is 2.34. The van der Waals surface area contributed by atoms with Gasteiger partial charge in [0.15, 0.2) is 0 Å². The Labute approximate surface area is 97.9 Å². The van der Waals surface area contributed by atoms with E-state index in [9.17, 15) is 5.11 Å². The minimum Gasteiger partial charge on any atom is -0.391 e. The van der Waals surface area contributed by atoms with Crippen molar-refractivity contribution in [2.24, 2.45) is 0 Å². The molecule has 1 fully saturated rings. The monoisotopic (exact) mass is 219 g/mol. The van der Waals surface area contributed by atoms with Gasteiger partial charge < -0.3 is 10.0 Å². The zero-order valence-electron chi connectivity index (χ0n) is 10.4. The van der Waals surface area contributed by atoms with Gasteiger partial charge in [-0.05, 0) is 38.3 Å². The van der Waals surface area contributed by atoms with Crippen LogP contribution in [0.15, 0.2) is 24.3 Å². The minimum absolute atomic E-state index is 0.148. The summed E-state index contributed by atoms with van der Waals surface area (Å²) in [6, 6.07) is 8.51. The molecular formula is C14H21NO. The van der Waals surface area contributed by atoms with E-state index in [-0.39, 0.29) is 11.6 Å². The summed E-state index contributed by atoms with van der Waals surface area (Å²) in [5.74, 6) is 0. The predicted octanol–water partition coefficient (Wildman–Crippen LogP) is 2.60. The second-order valence-corrected chi connectivity index (χ2v) is 5.09. The summed E-state index contributed by atoms with van der Waals surface area (Å²) >= 11 is 0. The molecule has 0 saturated carbocycles. The molecule has 2 heteroatoms. The van der Waals surface area contributed by atoms with Crippen LogP contribution in [0.2, 0.25) is 0 Å². The Morgan fingerprint density at radius 3 is 2.62 bits per heavy atom. The van der Waals surface area contributed by atoms with Crippen LogP contribution >= 0.6 is 0 Å². The average Bonchev–Trinajstić information content (AvgIpc) is 2.54. The standard InChI is InChI=1S/C14H21NO/c1-4-11-7-5-6-8-12(11)15-10-9-13(16)14(15,2)3/h5-8,13,16H,4,9-10H2,1-3H3. The maximum atomic E-state index is 10.0. The molecule has 1 heterocycles. The highest BCUT2D eigenvalue weighted by Crippen LogP contribution is 2.35. The number of aliphatic hydroxyl groups excluding tert-OH is 1. The number of aryl methyl sites for hydroxylation is 1. The van der Waals surface area contributed by atoms with Crippen molar-refractivity contribution >= 4 is 5.69 Å². The molecule has 0 radical (unpaired) electrons. The zero-order chi connectivity index (χ0) is 11.8. The van der Waals surface area contributed by atoms with Crippen LogP contribution in [0.25, 0.3) is 0 Å². The number of hydrogen-bond acceptors (Lipinski definition) is 2. The Morgan fingerprint density at radius 1 is 1.38 bits per heavy atom. The first kappa shape index (κ1) is 11.5. The fourth-order valence-electron chi connectivity index (χ4n) is 2.58. The van der Waals surface area contributed by atoms with E-state index < -0.39 is 0 Å². The molecule has 1 N–H and O–H groups in total. The molecular weight excluding hydrogens is 198 g/mol. The van der Waals surface area contributed by atoms with Crippen LogP contribution in [0.1, 0.15) is 32.8 Å². The highest BCUT2D eigenvalue weighted by molar-refractivity contribution is 5.56. The van der Waals surface area contributed by atoms with Gasteiger partial charge in [0.1, 0.15) is 0 Å². The van der Waals surface area contributed by atoms with Crippen LogP contribution in [-0.2, 0) is 6.42 Å². The summed E-state index contributed by atoms with van der Waals surface area (Å²) < 4.78 is 0. The van der Waals surface area contributed by atoms with Gasteiger partial charge in [-0.3, -0.25) is 0 Å². The normalized spacial score (nSPS) is 23.8. The van der Waals surface area contributed by atoms with E-state index in [1.165, 1.54) is 11.3 Å². The van der Waals surface area contributed by atoms with Crippen LogP contribution in [0.5, 0.6) is 0 Å². The molecule has 0 spiro atoms. The topological polar surface area (TPSA) is 23.5 Å². The molecule has 88 valence electrons. The van der Waals surface area contributed by atoms with Crippen molar-refractivity contribution in [3.05, 3.63) is 29.8 Å². The van der Waals surface area contributed by atoms with E-state index in [1.54, 1.807) is 0 Å². The average molecular weight is 219 g/mol. The van der Waals surface area contributed by atoms with E-state index in [1.807, 2.05) is 0 Å². The molecule has 0 aliphatic carbocycles. The van der Waals surface area contributed by atoms with Gasteiger partial charge in [-0.15, -0.1) is 0 Å². The lowest BCUT2D eigenvalue weighted by Crippen LogP contribution is -2.45. The molecule has 0 aromatic heterocycles. The second-order valence-electron chi connectivity index (χ2n) is 5.09. The van der Waals surface area contributed by atoms with Gasteiger partial charge in [-0.2, -0.15) is 0 Å². The molecule has 1 saturated heterocycles. The number of rotatable bonds is 2. The van der Waals surface area contributed by atoms with E-state index >= 15 is 0 Å². The fourth-order valence-corrected chi connectivity index (χ4v) is 2.58. The van der Waals surface area contributed by atoms with Gasteiger partial charge >= 0.3 is 0 Å². The summed E-state index contributed by atoms with van der Waals surface area (Å²) in [6.45, 7) is 7.37. The van der Waals surface area contributed by atoms with Gasteiger partial charge in [0.25, 0.3) is 0 Å². The largest absolute Gasteiger partial charge is 0.391 e. The minimum atomic E-state index is -0.225. The van der Waals surface area contributed by atoms with Gasteiger partial charge in [-0.25, -0.2) is 0 Å². The van der Waals surface area contributed by atoms with Crippen LogP contribution in [0, 0.1) is 0 Å². The van der Waals surface area contributed by atoms with Crippen LogP contribution in [-0.4, -0.2) is 23.3 Å². The summed E-state index contributed by atoms with van der Waals surface area (Å²) in [6.07, 6.45) is 1.68. The Balaban J connectivity index is 2.38. The lowest BCUT2D eigenvalue weighted by atomic mass is 9.97. The summed E-state index contributed by atoms with van der Waals surface area (Å²) in [5.41, 5.74) is 2.50. The molecule has 1 aromatic rings. The van der Waals surface area contributed by atoms with Crippen LogP contribution in [0.4, 0.5) is 5.69 Å². The fraction of sp³-hybridized carbons (Fsp3) is 0.571. The van der Waals surface area contributed by atoms with Gasteiger partial charge in [0, 0.05) is 12.2 Å². The quantitative estimate of drug-likeness (QED) is 0.826. The third kappa shape index (κ3) is 1.71. The molecule has 1 unspecified atom stereocenters. The smallest absolute Gasteiger partial charge is 0.0783 e. The van der Waals surface area contributed by atoms with Crippen molar-refractivity contribution in [1.82, 2.24) is 0 Å². The number of benzene rings is 1. The van der Waals surface area contributed by atoms with Crippen molar-refractivity contribution in [1.29, 1.82) is 0 Å². The number of aliphatic hydroxyl groups is 1. The van der Waals surface area contributed by atoms with Crippen molar-refractivity contribution in [2.45, 2.75) is 45.3 Å². The number of hydrogen-bond donors (Lipinski definition) is 1. The second kappa shape index (κ2) is 4.10. The maximum Gasteiger partial charge on any atom is 0.0783 e. The number of anilines is 1. The first-order chi connectivity index (χ1) is 7.57. The number of nitrogens with zero attached hydrogens (tertiary/aromatic N) is 1. The predicted molar refractivity (Wildman–Crippen MR) is 67.9 cm³/mol. The van der Waals surface area contributed by atoms with Crippen molar-refractivity contribution in [3.63, 3.8) is 0 Å².